The van der Waals surface area contributed by atoms with Gasteiger partial charge >= 0.3 is 23.7 Å². The molecule has 0 saturated heterocycles. The van der Waals surface area contributed by atoms with Crippen LogP contribution in [0.2, 0.25) is 0 Å². The number of benzene rings is 2. The van der Waals surface area contributed by atoms with E-state index >= 15 is 0 Å². The molecule has 16 heteroatoms. The van der Waals surface area contributed by atoms with Crippen molar-refractivity contribution >= 4 is 75.4 Å². The molecule has 2 aromatic carbocycles. The molecule has 5 amide bonds. The average molecular weight is 687 g/mol. The molecule has 0 radical (unpaired) electrons. The molecule has 0 bridgehead atoms. The lowest BCUT2D eigenvalue weighted by atomic mass is 10.1. The van der Waals surface area contributed by atoms with E-state index in [1.165, 1.54) is 45.4 Å². The number of hydrogen-bond acceptors (Lipinski definition) is 13. The van der Waals surface area contributed by atoms with E-state index in [0.29, 0.717) is 24.2 Å². The van der Waals surface area contributed by atoms with Crippen LogP contribution >= 0.6 is 0 Å². The number of hydrogen-bond donors (Lipinski definition) is 1. The molecule has 0 fully saturated rings. The highest BCUT2D eigenvalue weighted by atomic mass is 16.5. The summed E-state index contributed by atoms with van der Waals surface area (Å²) in [6.45, 7) is 4.47. The van der Waals surface area contributed by atoms with E-state index in [1.807, 2.05) is 11.8 Å². The van der Waals surface area contributed by atoms with Gasteiger partial charge in [-0.3, -0.25) is 28.8 Å². The van der Waals surface area contributed by atoms with Crippen LogP contribution < -0.4 is 25.6 Å². The summed E-state index contributed by atoms with van der Waals surface area (Å²) < 4.78 is 15.2. The first-order valence-corrected chi connectivity index (χ1v) is 14.9. The Morgan fingerprint density at radius 3 is 2.08 bits per heavy atom. The van der Waals surface area contributed by atoms with Crippen LogP contribution in [0.4, 0.5) is 22.7 Å². The zero-order chi connectivity index (χ0) is 36.7. The summed E-state index contributed by atoms with van der Waals surface area (Å²) in [6, 6.07) is 10.3. The zero-order valence-corrected chi connectivity index (χ0v) is 27.3. The van der Waals surface area contributed by atoms with E-state index in [0.717, 1.165) is 28.4 Å². The summed E-state index contributed by atoms with van der Waals surface area (Å²) >= 11 is 0. The van der Waals surface area contributed by atoms with E-state index < -0.39 is 35.2 Å². The summed E-state index contributed by atoms with van der Waals surface area (Å²) in [6.07, 6.45) is 3.33. The Labute approximate surface area is 283 Å². The number of esters is 1. The molecule has 0 spiro atoms. The first-order valence-electron chi connectivity index (χ1n) is 14.9. The number of amides is 5. The molecule has 3 aromatic rings. The monoisotopic (exact) mass is 686 g/mol. The van der Waals surface area contributed by atoms with Gasteiger partial charge < -0.3 is 24.1 Å². The minimum Gasteiger partial charge on any atom is -0.491 e. The molecule has 258 valence electrons. The highest BCUT2D eigenvalue weighted by Gasteiger charge is 2.36. The third-order valence-electron chi connectivity index (χ3n) is 7.52. The van der Waals surface area contributed by atoms with Crippen LogP contribution in [0.1, 0.15) is 37.0 Å². The maximum atomic E-state index is 13.4. The summed E-state index contributed by atoms with van der Waals surface area (Å²) in [5.41, 5.74) is -0.331. The molecule has 16 nitrogen and oxygen atoms in total. The number of imide groups is 2. The number of nitrogens with one attached hydrogen (secondary N) is 1. The van der Waals surface area contributed by atoms with Gasteiger partial charge in [-0.15, -0.1) is 0 Å². The predicted molar refractivity (Wildman–Crippen MR) is 175 cm³/mol. The Hall–Kier alpha value is -6.67. The number of fused-ring (bicyclic) bond motifs is 1. The van der Waals surface area contributed by atoms with Crippen LogP contribution in [-0.2, 0) is 43.0 Å². The summed E-state index contributed by atoms with van der Waals surface area (Å²) in [5.74, 6) is -4.29. The van der Waals surface area contributed by atoms with Crippen molar-refractivity contribution in [2.45, 2.75) is 26.7 Å². The largest absolute Gasteiger partial charge is 0.491 e. The van der Waals surface area contributed by atoms with Gasteiger partial charge in [0, 0.05) is 47.6 Å². The molecule has 50 heavy (non-hydrogen) atoms. The lowest BCUT2D eigenvalue weighted by Crippen LogP contribution is -2.33. The number of rotatable bonds is 11. The van der Waals surface area contributed by atoms with Crippen molar-refractivity contribution in [3.05, 3.63) is 81.9 Å². The Morgan fingerprint density at radius 1 is 0.880 bits per heavy atom. The van der Waals surface area contributed by atoms with Crippen molar-refractivity contribution < 1.29 is 52.2 Å². The minimum absolute atomic E-state index is 0.0326. The molecule has 3 heterocycles. The molecule has 5 rings (SSSR count). The number of carbonyl (C=O) groups is 6. The fraction of sp³-hybridized carbons (Fsp3) is 0.235. The standard InChI is InChI=1S/C33H30N4O10.CO2/c1-5-9-35(10-8-29(40)46-4)21-7-6-19-12-24(33(44)47-25(19)16-21)30(41)34-20-13-22(36-27(38)11-18(2)31(36)42)15-23(14-20)37-28(39)17-26(45-3)32(37)43;2-1-3/h6-7,11-17H,5,8-10H2,1-4H3,(H,34,41);. The van der Waals surface area contributed by atoms with Crippen LogP contribution in [0, 0.1) is 0 Å². The predicted octanol–water partition coefficient (Wildman–Crippen LogP) is 2.46. The Morgan fingerprint density at radius 2 is 1.52 bits per heavy atom. The van der Waals surface area contributed by atoms with Gasteiger partial charge in [0.25, 0.3) is 23.6 Å². The Bertz CT molecular complexity index is 2070. The summed E-state index contributed by atoms with van der Waals surface area (Å²) in [5, 5.41) is 2.99. The molecule has 0 saturated carbocycles. The maximum absolute atomic E-state index is 13.4. The van der Waals surface area contributed by atoms with Gasteiger partial charge in [0.1, 0.15) is 11.1 Å². The SMILES string of the molecule is CCCN(CCC(=O)OC)c1ccc2cc(C(=O)Nc3cc(N4C(=O)C=C(C)C4=O)cc(N4C(=O)C=C(OC)C4=O)c3)c(=O)oc2c1.O=C=O. The fourth-order valence-corrected chi connectivity index (χ4v) is 5.22. The number of ether oxygens (including phenoxy) is 2. The van der Waals surface area contributed by atoms with Crippen LogP contribution in [0.25, 0.3) is 11.0 Å². The smallest absolute Gasteiger partial charge is 0.373 e. The molecule has 0 atom stereocenters. The van der Waals surface area contributed by atoms with Gasteiger partial charge in [0.05, 0.1) is 38.1 Å². The van der Waals surface area contributed by atoms with Crippen molar-refractivity contribution in [3.8, 4) is 0 Å². The highest BCUT2D eigenvalue weighted by Crippen LogP contribution is 2.34. The van der Waals surface area contributed by atoms with Crippen LogP contribution in [-0.4, -0.2) is 69.0 Å². The van der Waals surface area contributed by atoms with Crippen LogP contribution in [0.3, 0.4) is 0 Å². The molecule has 0 aliphatic carbocycles. The summed E-state index contributed by atoms with van der Waals surface area (Å²) in [4.78, 5) is 109. The maximum Gasteiger partial charge on any atom is 0.373 e. The molecular weight excluding hydrogens is 656 g/mol. The van der Waals surface area contributed by atoms with Gasteiger partial charge in [0.15, 0.2) is 5.76 Å². The number of methoxy groups -OCH3 is 2. The topological polar surface area (TPSA) is 207 Å². The van der Waals surface area contributed by atoms with Crippen LogP contribution in [0.15, 0.2) is 75.2 Å². The Kier molecular flexibility index (Phi) is 11.2. The first-order chi connectivity index (χ1) is 23.9. The normalized spacial score (nSPS) is 13.8. The van der Waals surface area contributed by atoms with E-state index in [-0.39, 0.29) is 58.1 Å². The third-order valence-corrected chi connectivity index (χ3v) is 7.52. The van der Waals surface area contributed by atoms with E-state index in [2.05, 4.69) is 5.32 Å². The molecule has 2 aliphatic rings. The van der Waals surface area contributed by atoms with Gasteiger partial charge in [0.2, 0.25) is 0 Å². The molecule has 1 N–H and O–H groups in total. The number of anilines is 4. The number of nitrogens with zero attached hydrogens (tertiary/aromatic N) is 3. The van der Waals surface area contributed by atoms with Gasteiger partial charge in [-0.1, -0.05) is 6.92 Å². The van der Waals surface area contributed by atoms with Gasteiger partial charge in [-0.2, -0.15) is 9.59 Å². The van der Waals surface area contributed by atoms with Crippen molar-refractivity contribution in [1.82, 2.24) is 0 Å². The molecule has 0 unspecified atom stereocenters. The van der Waals surface area contributed by atoms with E-state index in [1.54, 1.807) is 18.2 Å². The number of carbonyl (C=O) groups excluding carboxylic acids is 8. The highest BCUT2D eigenvalue weighted by molar-refractivity contribution is 6.32. The second-order valence-electron chi connectivity index (χ2n) is 10.8. The molecular formula is C34H30N4O12. The van der Waals surface area contributed by atoms with Gasteiger partial charge in [-0.25, -0.2) is 14.6 Å². The second kappa shape index (κ2) is 15.5. The average Bonchev–Trinajstić information content (AvgIpc) is 3.52. The van der Waals surface area contributed by atoms with Gasteiger partial charge in [-0.05, 0) is 49.7 Å². The summed E-state index contributed by atoms with van der Waals surface area (Å²) in [7, 11) is 2.54. The lowest BCUT2D eigenvalue weighted by molar-refractivity contribution is -0.191. The second-order valence-corrected chi connectivity index (χ2v) is 10.8. The van der Waals surface area contributed by atoms with Crippen molar-refractivity contribution in [2.75, 3.05) is 47.3 Å². The minimum atomic E-state index is -0.941. The van der Waals surface area contributed by atoms with E-state index in [9.17, 15) is 33.6 Å². The first kappa shape index (κ1) is 36.2. The van der Waals surface area contributed by atoms with E-state index in [4.69, 9.17) is 23.5 Å². The fourth-order valence-electron chi connectivity index (χ4n) is 5.22. The molecule has 2 aliphatic heterocycles. The van der Waals surface area contributed by atoms with Crippen molar-refractivity contribution in [2.24, 2.45) is 0 Å². The van der Waals surface area contributed by atoms with Crippen LogP contribution in [0.5, 0.6) is 0 Å². The third kappa shape index (κ3) is 7.55. The quantitative estimate of drug-likeness (QED) is 0.175. The lowest BCUT2D eigenvalue weighted by Gasteiger charge is -2.24. The Balaban J connectivity index is 0.00000181. The van der Waals surface area contributed by atoms with Crippen molar-refractivity contribution in [1.29, 1.82) is 0 Å². The molecule has 1 aromatic heterocycles. The zero-order valence-electron chi connectivity index (χ0n) is 27.3. The van der Waals surface area contributed by atoms with Crippen molar-refractivity contribution in [3.63, 3.8) is 0 Å².